The first kappa shape index (κ1) is 98.0. The number of pyridine rings is 1. The molecule has 41 heteroatoms. The maximum absolute atomic E-state index is 15.2. The minimum absolute atomic E-state index is 0.0408. The number of carbonyl (C=O) groups excluding carboxylic acids is 13. The average Bonchev–Trinajstić information content (AvgIpc) is 1.81. The van der Waals surface area contributed by atoms with Crippen LogP contribution in [0.5, 0.6) is 11.5 Å². The maximum atomic E-state index is 15.2. The Morgan fingerprint density at radius 2 is 1.04 bits per heavy atom. The smallest absolute Gasteiger partial charge is 0.430 e. The number of amides is 12. The number of carboxylic acid groups (broad SMARTS) is 2. The minimum Gasteiger partial charge on any atom is -0.542 e. The molecule has 6 aromatic rings. The van der Waals surface area contributed by atoms with E-state index in [1.165, 1.54) is 98.4 Å². The Kier molecular flexibility index (Phi) is 37.8. The van der Waals surface area contributed by atoms with E-state index in [4.69, 9.17) is 15.6 Å². The molecular formula is C80H105F3N16O20S2. The highest BCUT2D eigenvalue weighted by molar-refractivity contribution is 7.98. The van der Waals surface area contributed by atoms with E-state index in [2.05, 4.69) is 78.4 Å². The summed E-state index contributed by atoms with van der Waals surface area (Å²) in [6.45, 7) is 12.6. The van der Waals surface area contributed by atoms with Crippen molar-refractivity contribution >= 4 is 117 Å². The van der Waals surface area contributed by atoms with E-state index in [-0.39, 0.29) is 68.6 Å². The lowest BCUT2D eigenvalue weighted by Gasteiger charge is -2.32. The Morgan fingerprint density at radius 1 is 0.579 bits per heavy atom. The van der Waals surface area contributed by atoms with E-state index in [0.717, 1.165) is 11.1 Å². The van der Waals surface area contributed by atoms with Gasteiger partial charge in [0.15, 0.2) is 0 Å². The fraction of sp³-hybridized carbons (Fsp3) is 0.475. The number of hydrogen-bond acceptors (Lipinski definition) is 22. The molecule has 2 bridgehead atoms. The van der Waals surface area contributed by atoms with Crippen LogP contribution in [0.3, 0.4) is 0 Å². The van der Waals surface area contributed by atoms with Crippen LogP contribution in [-0.2, 0) is 104 Å². The van der Waals surface area contributed by atoms with Crippen molar-refractivity contribution in [2.24, 2.45) is 17.1 Å². The Labute approximate surface area is 702 Å². The Morgan fingerprint density at radius 3 is 1.54 bits per heavy atom. The number of carboxylic acids is 2. The van der Waals surface area contributed by atoms with E-state index < -0.39 is 192 Å². The summed E-state index contributed by atoms with van der Waals surface area (Å²) in [6, 6.07) is 4.70. The van der Waals surface area contributed by atoms with Gasteiger partial charge in [-0.05, 0) is 103 Å². The van der Waals surface area contributed by atoms with Crippen molar-refractivity contribution < 1.29 is 116 Å². The van der Waals surface area contributed by atoms with Crippen molar-refractivity contribution in [3.8, 4) is 11.5 Å². The number of aromatic amines is 3. The molecule has 0 saturated carbocycles. The Balaban J connectivity index is 0.00000310. The highest BCUT2D eigenvalue weighted by Gasteiger charge is 2.41. The van der Waals surface area contributed by atoms with Crippen molar-refractivity contribution in [3.63, 3.8) is 0 Å². The number of thioether (sulfide) groups is 2. The molecule has 121 heavy (non-hydrogen) atoms. The Hall–Kier alpha value is -11.9. The monoisotopic (exact) mass is 1730 g/mol. The zero-order valence-corrected chi connectivity index (χ0v) is 69.3. The van der Waals surface area contributed by atoms with E-state index in [0.29, 0.717) is 50.7 Å². The zero-order valence-electron chi connectivity index (χ0n) is 67.7. The van der Waals surface area contributed by atoms with Gasteiger partial charge in [0.05, 0.1) is 36.3 Å². The summed E-state index contributed by atoms with van der Waals surface area (Å²) in [4.78, 5) is 208. The third-order valence-corrected chi connectivity index (χ3v) is 21.0. The van der Waals surface area contributed by atoms with Gasteiger partial charge in [-0.3, -0.25) is 62.3 Å². The molecule has 658 valence electrons. The number of alkyl halides is 3. The molecule has 36 nitrogen and oxygen atoms in total. The number of halogens is 3. The fourth-order valence-corrected chi connectivity index (χ4v) is 14.4. The molecule has 0 radical (unpaired) electrons. The molecule has 12 amide bonds. The van der Waals surface area contributed by atoms with E-state index in [1.807, 2.05) is 24.3 Å². The highest BCUT2D eigenvalue weighted by atomic mass is 32.2. The predicted octanol–water partition coefficient (Wildman–Crippen LogP) is -0.407. The van der Waals surface area contributed by atoms with Crippen LogP contribution >= 0.6 is 23.5 Å². The van der Waals surface area contributed by atoms with Crippen LogP contribution in [0.2, 0.25) is 0 Å². The lowest BCUT2D eigenvalue weighted by Crippen LogP contribution is -2.63. The summed E-state index contributed by atoms with van der Waals surface area (Å²) >= 11 is 2.67. The predicted molar refractivity (Wildman–Crippen MR) is 433 cm³/mol. The van der Waals surface area contributed by atoms with Gasteiger partial charge in [-0.15, -0.1) is 0 Å². The number of imidazole rings is 1. The number of aromatic hydroxyl groups is 2. The molecule has 3 aromatic heterocycles. The molecule has 0 unspecified atom stereocenters. The third-order valence-electron chi connectivity index (χ3n) is 18.8. The molecule has 4 heterocycles. The summed E-state index contributed by atoms with van der Waals surface area (Å²) in [7, 11) is 0. The SMILES string of the molecule is CCC[C@@H]1NC(=O)[C@H](Cc2ccc(O)cc2)NC(=O)[C@H](CCC(=O)O)NC(=O)[C@H](CC(C)C)NC(=O)[C@H](Cc2c[nH]c3[nH+]cccc23)NC(=O)[C@H]([C@@H](C)O)NC(=O)[C@H](Cc2cnc[nH]2)NC(=O)[C@H](Cc2ccc(O)cc2)NC(=O)[C@H](C(C)(C)C)NC(=O)CCSCc2cccc(c2)CSC[C@@H](C(N)=O)NC(=O)[C@H]([C@@H](C)O)NC1=O.O=C([O-])C(F)(F)F. The number of benzene rings is 3. The minimum atomic E-state index is -5.19. The van der Waals surface area contributed by atoms with Crippen LogP contribution in [0, 0.1) is 11.3 Å². The molecule has 7 rings (SSSR count). The first-order valence-corrected chi connectivity index (χ1v) is 41.0. The second-order valence-electron chi connectivity index (χ2n) is 30.5. The second-order valence-corrected chi connectivity index (χ2v) is 32.6. The van der Waals surface area contributed by atoms with Crippen LogP contribution in [0.1, 0.15) is 127 Å². The van der Waals surface area contributed by atoms with Gasteiger partial charge in [-0.2, -0.15) is 36.7 Å². The third kappa shape index (κ3) is 32.3. The second kappa shape index (κ2) is 46.6. The average molecular weight is 1730 g/mol. The summed E-state index contributed by atoms with van der Waals surface area (Å²) in [5, 5.41) is 91.1. The Bertz CT molecular complexity index is 4550. The van der Waals surface area contributed by atoms with Gasteiger partial charge >= 0.3 is 12.1 Å². The van der Waals surface area contributed by atoms with Crippen LogP contribution < -0.4 is 74.3 Å². The number of aliphatic carboxylic acids is 2. The van der Waals surface area contributed by atoms with Crippen molar-refractivity contribution in [3.05, 3.63) is 143 Å². The number of phenols is 2. The van der Waals surface area contributed by atoms with E-state index in [1.54, 1.807) is 66.1 Å². The number of aliphatic hydroxyl groups is 2. The van der Waals surface area contributed by atoms with Crippen LogP contribution in [-0.4, -0.2) is 220 Å². The van der Waals surface area contributed by atoms with E-state index >= 15 is 4.79 Å². The number of H-pyrrole nitrogens is 3. The molecule has 0 aliphatic carbocycles. The standard InChI is InChI=1S/C78H104N16O18S2.C2HF3O2/c1-9-12-53-69(104)93-64(43(5)96)76(111)91-60(66(79)102)39-114-38-47-14-10-13-46(30-47)37-113-28-26-61(99)92-65(78(6,7)8)77(112)90-57(32-45-18-22-51(98)23-19-45)72(107)88-59(34-49-36-80-40-83-49)74(109)94-63(42(4)95)75(110)89-58(33-48-35-82-67-52(48)15-11-27-81-67)73(108)86-55(29-41(2)3)70(105)85-54(24-25-62(100)101)68(103)87-56(71(106)84-53)31-44-16-20-50(97)21-17-44;3-2(4,5)1(6)7/h10-11,13-23,27,30,35-36,40-43,53-60,63-65,95-98H,9,12,24-26,28-29,31-34,37-39H2,1-8H3,(H2,79,102)(H,80,83)(H,81,82)(H,84,106)(H,85,105)(H,86,108)(H,87,103)(H,88,107)(H,89,110)(H,90,112)(H,91,111)(H,92,99)(H,93,104)(H,94,109)(H,100,101);(H,6,7)/t42-,43-,53+,54+,55+,56+,57+,58+,59+,60+,63+,64+,65-;/m1./s1. The molecule has 1 aliphatic rings. The summed E-state index contributed by atoms with van der Waals surface area (Å²) in [5.74, 6) is -15.5. The van der Waals surface area contributed by atoms with Gasteiger partial charge in [0.2, 0.25) is 70.9 Å². The topological polar surface area (TPSA) is 580 Å². The van der Waals surface area contributed by atoms with Crippen molar-refractivity contribution in [1.82, 2.24) is 73.4 Å². The quantitative estimate of drug-likeness (QED) is 0.0520. The number of carbonyl (C=O) groups is 14. The van der Waals surface area contributed by atoms with Gasteiger partial charge in [0.25, 0.3) is 5.65 Å². The van der Waals surface area contributed by atoms with Crippen molar-refractivity contribution in [1.29, 1.82) is 0 Å². The molecule has 13 atom stereocenters. The molecule has 0 spiro atoms. The lowest BCUT2D eigenvalue weighted by molar-refractivity contribution is -0.347. The van der Waals surface area contributed by atoms with Gasteiger partial charge in [-0.25, -0.2) is 15.0 Å². The number of aromatic nitrogens is 4. The van der Waals surface area contributed by atoms with Gasteiger partial charge in [-0.1, -0.05) is 96.5 Å². The molecular weight excluding hydrogens is 1630 g/mol. The largest absolute Gasteiger partial charge is 0.542 e. The zero-order chi connectivity index (χ0) is 89.6. The normalized spacial score (nSPS) is 22.8. The number of aliphatic hydroxyl groups excluding tert-OH is 2. The van der Waals surface area contributed by atoms with Crippen molar-refractivity contribution in [2.75, 3.05) is 11.5 Å². The maximum Gasteiger partial charge on any atom is 0.430 e. The van der Waals surface area contributed by atoms with Crippen LogP contribution in [0.15, 0.2) is 110 Å². The first-order chi connectivity index (χ1) is 57.0. The van der Waals surface area contributed by atoms with Gasteiger partial charge < -0.3 is 105 Å². The summed E-state index contributed by atoms with van der Waals surface area (Å²) in [6.07, 6.45) is -5.22. The molecule has 0 saturated heterocycles. The van der Waals surface area contributed by atoms with E-state index in [9.17, 15) is 96.2 Å². The number of phenolic OH excluding ortho intramolecular Hbond substituents is 2. The molecule has 21 N–H and O–H groups in total. The summed E-state index contributed by atoms with van der Waals surface area (Å²) in [5.41, 5.74) is 8.59. The number of primary amides is 1. The lowest BCUT2D eigenvalue weighted by atomic mass is 9.85. The number of nitrogens with zero attached hydrogens (tertiary/aromatic N) is 1. The number of nitrogens with two attached hydrogens (primary N) is 1. The van der Waals surface area contributed by atoms with Gasteiger partial charge in [0, 0.05) is 79.0 Å². The summed E-state index contributed by atoms with van der Waals surface area (Å²) < 4.78 is 31.5. The number of fused-ring (bicyclic) bond motifs is 3. The number of rotatable bonds is 18. The molecule has 3 aromatic carbocycles. The molecule has 0 fully saturated rings. The van der Waals surface area contributed by atoms with Crippen molar-refractivity contribution in [2.45, 2.75) is 216 Å². The number of hydrogen-bond donors (Lipinski definition) is 19. The fourth-order valence-electron chi connectivity index (χ4n) is 12.5. The van der Waals surface area contributed by atoms with Crippen LogP contribution in [0.4, 0.5) is 13.2 Å². The first-order valence-electron chi connectivity index (χ1n) is 38.7. The molecule has 1 aliphatic heterocycles. The van der Waals surface area contributed by atoms with Crippen LogP contribution in [0.25, 0.3) is 11.0 Å². The number of nitrogens with one attached hydrogen (secondary N) is 14. The highest BCUT2D eigenvalue weighted by Crippen LogP contribution is 2.25. The van der Waals surface area contributed by atoms with Gasteiger partial charge in [0.1, 0.15) is 83.9 Å².